The van der Waals surface area contributed by atoms with Crippen molar-refractivity contribution in [1.82, 2.24) is 0 Å². The maximum atomic E-state index is 11.4. The van der Waals surface area contributed by atoms with Crippen LogP contribution in [0.5, 0.6) is 0 Å². The lowest BCUT2D eigenvalue weighted by molar-refractivity contribution is -0.158. The molecule has 4 N–H and O–H groups in total. The minimum atomic E-state index is -0.994. The Balaban J connectivity index is 0. The normalized spacial score (nSPS) is 10.3. The molecule has 27 heteroatoms. The van der Waals surface area contributed by atoms with Crippen LogP contribution < -0.4 is 0 Å². The number of cyclic esters (lactones) is 2. The van der Waals surface area contributed by atoms with Crippen molar-refractivity contribution < 1.29 is 125 Å². The molecule has 26 nitrogen and oxygen atoms in total. The number of ether oxygens (including phenoxy) is 9. The molecule has 4 aromatic carbocycles. The van der Waals surface area contributed by atoms with Gasteiger partial charge in [-0.2, -0.15) is 0 Å². The maximum absolute atomic E-state index is 11.4. The molecule has 0 aromatic heterocycles. The maximum Gasteiger partial charge on any atom is 0.344 e. The van der Waals surface area contributed by atoms with Gasteiger partial charge in [0, 0.05) is 46.6 Å². The molecule has 0 aliphatic carbocycles. The second-order valence-corrected chi connectivity index (χ2v) is 17.3. The Morgan fingerprint density at radius 1 is 0.402 bits per heavy atom. The zero-order valence-corrected chi connectivity index (χ0v) is 49.1. The first-order valence-corrected chi connectivity index (χ1v) is 26.7. The van der Waals surface area contributed by atoms with E-state index in [0.29, 0.717) is 19.4 Å². The molecular formula is C60H73ClO26. The first kappa shape index (κ1) is 79.7. The van der Waals surface area contributed by atoms with Crippen molar-refractivity contribution in [2.45, 2.75) is 111 Å². The molecule has 1 aliphatic heterocycles. The highest BCUT2D eigenvalue weighted by Gasteiger charge is 2.19. The molecule has 476 valence electrons. The van der Waals surface area contributed by atoms with Crippen LogP contribution in [0.25, 0.3) is 0 Å². The Kier molecular flexibility index (Phi) is 48.8. The first-order valence-electron chi connectivity index (χ1n) is 26.4. The van der Waals surface area contributed by atoms with E-state index in [-0.39, 0.29) is 110 Å². The second-order valence-electron chi connectivity index (χ2n) is 16.9. The van der Waals surface area contributed by atoms with Gasteiger partial charge in [-0.05, 0) is 53.1 Å². The molecular weight excluding hydrogens is 1170 g/mol. The standard InChI is InChI=1S/C15H18O6.C11H12O4.C11H14O3.C8H12O6.C7H8O.C4H5ClO3.C4H4O3/c1-12(16)20-11-15(18)19-9-5-8-14(17)21-10-13-6-3-2-4-7-13;12-10(13)6-7-11(14)15-8-9-4-2-1-3-5-9;12-8-4-7-11(13)14-9-10-5-2-1-3-6-10;1-6(9)14-5-8(12)13-4-2-3-7(10)11;8-6-7-4-2-1-3-5-7;1-3(6)8-2-4(5)7;5-3-1-2-4(6)7-3/h2-4,6-7H,5,8-11H2,1H3;1-5H,6-8H2,(H,12,13);1-3,5-6,12H,4,7-9H2;2-5H2,1H3,(H,10,11);1-5,8H,6H2;2H2,1H3;1-2H2. The highest BCUT2D eigenvalue weighted by atomic mass is 35.5. The van der Waals surface area contributed by atoms with E-state index in [1.54, 1.807) is 0 Å². The number of hydrogen-bond acceptors (Lipinski definition) is 24. The third kappa shape index (κ3) is 56.8. The SMILES string of the molecule is CC(=O)OCC(=O)Cl.CC(=O)OCC(=O)OCCCC(=O)O.CC(=O)OCC(=O)OCCCC(=O)OCc1ccccc1.O=C(CCCO)OCc1ccccc1.O=C(O)CCC(=O)OCc1ccccc1.O=C1CCC(=O)O1.OCc1ccccc1. The highest BCUT2D eigenvalue weighted by molar-refractivity contribution is 6.64. The predicted molar refractivity (Wildman–Crippen MR) is 303 cm³/mol. The fraction of sp³-hybridized carbons (Fsp3) is 0.383. The van der Waals surface area contributed by atoms with Crippen molar-refractivity contribution in [3.8, 4) is 0 Å². The van der Waals surface area contributed by atoms with E-state index in [1.807, 2.05) is 121 Å². The largest absolute Gasteiger partial charge is 0.481 e. The third-order valence-corrected chi connectivity index (χ3v) is 9.47. The number of carboxylic acids is 2. The number of aliphatic hydroxyl groups excluding tert-OH is 2. The summed E-state index contributed by atoms with van der Waals surface area (Å²) in [5.41, 5.74) is 3.75. The van der Waals surface area contributed by atoms with Crippen LogP contribution in [-0.4, -0.2) is 137 Å². The summed E-state index contributed by atoms with van der Waals surface area (Å²) in [6, 6.07) is 37.6. The van der Waals surface area contributed by atoms with Crippen LogP contribution in [0.2, 0.25) is 0 Å². The van der Waals surface area contributed by atoms with Crippen molar-refractivity contribution in [2.75, 3.05) is 39.6 Å². The van der Waals surface area contributed by atoms with E-state index in [4.69, 9.17) is 51.0 Å². The molecule has 87 heavy (non-hydrogen) atoms. The topological polar surface area (TPSA) is 386 Å². The Morgan fingerprint density at radius 2 is 0.724 bits per heavy atom. The lowest BCUT2D eigenvalue weighted by Crippen LogP contribution is -2.16. The van der Waals surface area contributed by atoms with Gasteiger partial charge in [-0.1, -0.05) is 121 Å². The van der Waals surface area contributed by atoms with Crippen LogP contribution in [0.15, 0.2) is 121 Å². The Bertz CT molecular complexity index is 2620. The van der Waals surface area contributed by atoms with E-state index in [2.05, 4.69) is 23.7 Å². The van der Waals surface area contributed by atoms with Gasteiger partial charge in [0.1, 0.15) is 19.8 Å². The van der Waals surface area contributed by atoms with Gasteiger partial charge < -0.3 is 63.1 Å². The van der Waals surface area contributed by atoms with Crippen molar-refractivity contribution in [1.29, 1.82) is 0 Å². The number of hydrogen-bond donors (Lipinski definition) is 4. The highest BCUT2D eigenvalue weighted by Crippen LogP contribution is 2.07. The zero-order valence-electron chi connectivity index (χ0n) is 48.3. The summed E-state index contributed by atoms with van der Waals surface area (Å²) < 4.78 is 41.3. The Labute approximate surface area is 506 Å². The van der Waals surface area contributed by atoms with Crippen LogP contribution in [-0.2, 0) is 131 Å². The minimum absolute atomic E-state index is 0.0202. The summed E-state index contributed by atoms with van der Waals surface area (Å²) in [4.78, 5) is 136. The van der Waals surface area contributed by atoms with Gasteiger partial charge in [0.05, 0.1) is 45.5 Å². The molecule has 1 aliphatic rings. The van der Waals surface area contributed by atoms with Crippen LogP contribution >= 0.6 is 11.6 Å². The average Bonchev–Trinajstić information content (AvgIpc) is 3.96. The second kappa shape index (κ2) is 53.3. The van der Waals surface area contributed by atoms with Gasteiger partial charge in [0.2, 0.25) is 0 Å². The summed E-state index contributed by atoms with van der Waals surface area (Å²) in [6.07, 6.45) is 1.72. The summed E-state index contributed by atoms with van der Waals surface area (Å²) in [7, 11) is 0. The fourth-order valence-electron chi connectivity index (χ4n) is 5.25. The molecule has 0 spiro atoms. The lowest BCUT2D eigenvalue weighted by Gasteiger charge is -2.06. The average molecular weight is 1250 g/mol. The fourth-order valence-corrected chi connectivity index (χ4v) is 5.31. The van der Waals surface area contributed by atoms with Crippen molar-refractivity contribution in [3.63, 3.8) is 0 Å². The zero-order chi connectivity index (χ0) is 65.5. The summed E-state index contributed by atoms with van der Waals surface area (Å²) in [5, 5.41) is 32.9. The third-order valence-electron chi connectivity index (χ3n) is 9.36. The Morgan fingerprint density at radius 3 is 1.00 bits per heavy atom. The molecule has 5 rings (SSSR count). The molecule has 1 fully saturated rings. The molecule has 0 saturated carbocycles. The molecule has 0 bridgehead atoms. The van der Waals surface area contributed by atoms with Gasteiger partial charge in [-0.15, -0.1) is 0 Å². The van der Waals surface area contributed by atoms with Crippen molar-refractivity contribution in [3.05, 3.63) is 144 Å². The number of carbonyl (C=O) groups is 13. The van der Waals surface area contributed by atoms with E-state index < -0.39 is 78.1 Å². The smallest absolute Gasteiger partial charge is 0.344 e. The van der Waals surface area contributed by atoms with E-state index in [1.165, 1.54) is 20.8 Å². The van der Waals surface area contributed by atoms with Crippen molar-refractivity contribution >= 4 is 88.5 Å². The van der Waals surface area contributed by atoms with Crippen molar-refractivity contribution in [2.24, 2.45) is 0 Å². The molecule has 4 aromatic rings. The number of rotatable bonds is 27. The first-order chi connectivity index (χ1) is 41.4. The molecule has 1 heterocycles. The monoisotopic (exact) mass is 1240 g/mol. The van der Waals surface area contributed by atoms with Gasteiger partial charge in [-0.3, -0.25) is 52.7 Å². The number of esters is 10. The summed E-state index contributed by atoms with van der Waals surface area (Å²) >= 11 is 4.81. The number of benzene rings is 4. The minimum Gasteiger partial charge on any atom is -0.481 e. The van der Waals surface area contributed by atoms with Gasteiger partial charge in [0.25, 0.3) is 5.24 Å². The van der Waals surface area contributed by atoms with Gasteiger partial charge in [0.15, 0.2) is 19.8 Å². The summed E-state index contributed by atoms with van der Waals surface area (Å²) in [6.45, 7) is 3.42. The van der Waals surface area contributed by atoms with E-state index in [0.717, 1.165) is 22.3 Å². The number of carbonyl (C=O) groups excluding carboxylic acids is 11. The lowest BCUT2D eigenvalue weighted by atomic mass is 10.2. The molecule has 0 atom stereocenters. The number of halogens is 1. The number of aliphatic carboxylic acids is 2. The molecule has 1 saturated heterocycles. The molecule has 0 amide bonds. The quantitative estimate of drug-likeness (QED) is 0.0174. The molecule has 0 radical (unpaired) electrons. The van der Waals surface area contributed by atoms with Gasteiger partial charge >= 0.3 is 71.6 Å². The van der Waals surface area contributed by atoms with Crippen LogP contribution in [0.3, 0.4) is 0 Å². The number of aliphatic hydroxyl groups is 2. The van der Waals surface area contributed by atoms with Gasteiger partial charge in [-0.25, -0.2) is 9.59 Å². The van der Waals surface area contributed by atoms with Crippen LogP contribution in [0.1, 0.15) is 107 Å². The van der Waals surface area contributed by atoms with E-state index in [9.17, 15) is 62.3 Å². The molecule has 0 unspecified atom stereocenters. The van der Waals surface area contributed by atoms with Crippen LogP contribution in [0, 0.1) is 0 Å². The predicted octanol–water partition coefficient (Wildman–Crippen LogP) is 6.01. The number of carboxylic acid groups (broad SMARTS) is 2. The Hall–Kier alpha value is -9.40. The van der Waals surface area contributed by atoms with Crippen LogP contribution in [0.4, 0.5) is 0 Å². The van der Waals surface area contributed by atoms with E-state index >= 15 is 0 Å². The summed E-state index contributed by atoms with van der Waals surface area (Å²) in [5.74, 6) is -6.75.